The van der Waals surface area contributed by atoms with E-state index in [2.05, 4.69) is 38.7 Å². The van der Waals surface area contributed by atoms with Crippen LogP contribution in [-0.2, 0) is 20.4 Å². The molecule has 0 atom stereocenters. The molecule has 4 aromatic carbocycles. The maximum atomic E-state index is 13.5. The van der Waals surface area contributed by atoms with Crippen molar-refractivity contribution < 1.29 is 17.9 Å². The molecule has 0 fully saturated rings. The summed E-state index contributed by atoms with van der Waals surface area (Å²) in [4.78, 5) is 14.1. The zero-order chi connectivity index (χ0) is 27.1. The minimum absolute atomic E-state index is 0.0938. The van der Waals surface area contributed by atoms with Gasteiger partial charge in [0.2, 0.25) is 15.7 Å². The van der Waals surface area contributed by atoms with Crippen LogP contribution in [0.4, 0.5) is 11.4 Å². The SMILES string of the molecule is COc1ccc(S(=O)(=O)c2cc(C)ccc2NCC(=O)Nc2ccc(CSc3ccccc3)cc2)cc1Br. The van der Waals surface area contributed by atoms with E-state index < -0.39 is 9.84 Å². The molecule has 0 radical (unpaired) electrons. The largest absolute Gasteiger partial charge is 0.496 e. The van der Waals surface area contributed by atoms with Crippen molar-refractivity contribution in [3.8, 4) is 5.75 Å². The maximum absolute atomic E-state index is 13.5. The molecule has 0 bridgehead atoms. The third kappa shape index (κ3) is 6.98. The van der Waals surface area contributed by atoms with Crippen molar-refractivity contribution >= 4 is 54.8 Å². The molecule has 38 heavy (non-hydrogen) atoms. The summed E-state index contributed by atoms with van der Waals surface area (Å²) in [6.45, 7) is 1.73. The zero-order valence-electron chi connectivity index (χ0n) is 20.9. The Morgan fingerprint density at radius 1 is 0.947 bits per heavy atom. The summed E-state index contributed by atoms with van der Waals surface area (Å²) < 4.78 is 32.7. The molecule has 196 valence electrons. The summed E-state index contributed by atoms with van der Waals surface area (Å²) in [7, 11) is -2.34. The van der Waals surface area contributed by atoms with Gasteiger partial charge in [0.25, 0.3) is 0 Å². The van der Waals surface area contributed by atoms with Crippen LogP contribution >= 0.6 is 27.7 Å². The maximum Gasteiger partial charge on any atom is 0.243 e. The van der Waals surface area contributed by atoms with Gasteiger partial charge in [0.15, 0.2) is 0 Å². The van der Waals surface area contributed by atoms with Crippen LogP contribution in [0.1, 0.15) is 11.1 Å². The third-order valence-electron chi connectivity index (χ3n) is 5.69. The van der Waals surface area contributed by atoms with E-state index in [-0.39, 0.29) is 22.2 Å². The highest BCUT2D eigenvalue weighted by Crippen LogP contribution is 2.33. The Balaban J connectivity index is 1.41. The molecule has 0 aliphatic heterocycles. The number of amides is 1. The van der Waals surface area contributed by atoms with Gasteiger partial charge in [0, 0.05) is 16.3 Å². The van der Waals surface area contributed by atoms with Crippen molar-refractivity contribution in [2.75, 3.05) is 24.3 Å². The highest BCUT2D eigenvalue weighted by Gasteiger charge is 2.23. The van der Waals surface area contributed by atoms with Crippen LogP contribution in [0.5, 0.6) is 5.75 Å². The molecule has 6 nitrogen and oxygen atoms in total. The molecule has 0 spiro atoms. The monoisotopic (exact) mass is 610 g/mol. The highest BCUT2D eigenvalue weighted by atomic mass is 79.9. The van der Waals surface area contributed by atoms with E-state index in [0.29, 0.717) is 21.6 Å². The van der Waals surface area contributed by atoms with Crippen molar-refractivity contribution in [3.63, 3.8) is 0 Å². The first-order chi connectivity index (χ1) is 18.3. The van der Waals surface area contributed by atoms with E-state index in [0.717, 1.165) is 16.9 Å². The summed E-state index contributed by atoms with van der Waals surface area (Å²) in [5.74, 6) is 1.08. The van der Waals surface area contributed by atoms with Gasteiger partial charge in [0.05, 0.1) is 33.6 Å². The smallest absolute Gasteiger partial charge is 0.243 e. The van der Waals surface area contributed by atoms with E-state index in [1.165, 1.54) is 24.1 Å². The number of hydrogen-bond donors (Lipinski definition) is 2. The first kappa shape index (κ1) is 27.8. The summed E-state index contributed by atoms with van der Waals surface area (Å²) in [5.41, 5.74) is 2.96. The number of ether oxygens (including phenoxy) is 1. The quantitative estimate of drug-likeness (QED) is 0.189. The number of sulfone groups is 1. The molecule has 2 N–H and O–H groups in total. The van der Waals surface area contributed by atoms with Crippen molar-refractivity contribution in [1.29, 1.82) is 0 Å². The normalized spacial score (nSPS) is 11.1. The molecular weight excluding hydrogens is 584 g/mol. The molecule has 0 saturated heterocycles. The standard InChI is InChI=1S/C29H27BrN2O4S2/c1-20-8-14-26(28(16-20)38(34,35)24-13-15-27(36-2)25(30)17-24)31-18-29(33)32-22-11-9-21(10-12-22)19-37-23-6-4-3-5-7-23/h3-17,31H,18-19H2,1-2H3,(H,32,33). The van der Waals surface area contributed by atoms with Crippen molar-refractivity contribution in [2.24, 2.45) is 0 Å². The van der Waals surface area contributed by atoms with Crippen LogP contribution in [-0.4, -0.2) is 28.0 Å². The van der Waals surface area contributed by atoms with Gasteiger partial charge in [0.1, 0.15) is 5.75 Å². The number of thioether (sulfide) groups is 1. The van der Waals surface area contributed by atoms with Gasteiger partial charge >= 0.3 is 0 Å². The minimum atomic E-state index is -3.86. The third-order valence-corrected chi connectivity index (χ3v) is 9.18. The minimum Gasteiger partial charge on any atom is -0.496 e. The molecule has 4 aromatic rings. The van der Waals surface area contributed by atoms with Gasteiger partial charge in [-0.2, -0.15) is 0 Å². The lowest BCUT2D eigenvalue weighted by Crippen LogP contribution is -2.22. The fraction of sp³-hybridized carbons (Fsp3) is 0.138. The predicted molar refractivity (Wildman–Crippen MR) is 157 cm³/mol. The topological polar surface area (TPSA) is 84.5 Å². The number of nitrogens with one attached hydrogen (secondary N) is 2. The van der Waals surface area contributed by atoms with E-state index in [1.807, 2.05) is 49.4 Å². The van der Waals surface area contributed by atoms with Crippen molar-refractivity contribution in [1.82, 2.24) is 0 Å². The average molecular weight is 612 g/mol. The van der Waals surface area contributed by atoms with Crippen molar-refractivity contribution in [3.05, 3.63) is 107 Å². The Bertz CT molecular complexity index is 1530. The number of anilines is 2. The second-order valence-electron chi connectivity index (χ2n) is 8.50. The molecular formula is C29H27BrN2O4S2. The van der Waals surface area contributed by atoms with Crippen LogP contribution < -0.4 is 15.4 Å². The molecule has 0 heterocycles. The second-order valence-corrected chi connectivity index (χ2v) is 12.3. The number of halogens is 1. The number of carbonyl (C=O) groups is 1. The molecule has 1 amide bonds. The van der Waals surface area contributed by atoms with Gasteiger partial charge < -0.3 is 15.4 Å². The van der Waals surface area contributed by atoms with Crippen LogP contribution in [0.3, 0.4) is 0 Å². The fourth-order valence-corrected chi connectivity index (χ4v) is 6.80. The number of rotatable bonds is 10. The summed E-state index contributed by atoms with van der Waals surface area (Å²) in [6, 6.07) is 27.5. The van der Waals surface area contributed by atoms with Crippen LogP contribution in [0, 0.1) is 6.92 Å². The molecule has 9 heteroatoms. The molecule has 0 unspecified atom stereocenters. The second kappa shape index (κ2) is 12.5. The van der Waals surface area contributed by atoms with Gasteiger partial charge in [-0.05, 0) is 88.6 Å². The summed E-state index contributed by atoms with van der Waals surface area (Å²) in [6.07, 6.45) is 0. The molecule has 0 aliphatic rings. The summed E-state index contributed by atoms with van der Waals surface area (Å²) in [5, 5.41) is 5.85. The Morgan fingerprint density at radius 3 is 2.37 bits per heavy atom. The van der Waals surface area contributed by atoms with Gasteiger partial charge in [-0.15, -0.1) is 11.8 Å². The molecule has 0 saturated carbocycles. The average Bonchev–Trinajstić information content (AvgIpc) is 2.92. The van der Waals surface area contributed by atoms with E-state index >= 15 is 0 Å². The number of carbonyl (C=O) groups excluding carboxylic acids is 1. The first-order valence-electron chi connectivity index (χ1n) is 11.8. The zero-order valence-corrected chi connectivity index (χ0v) is 24.1. The Hall–Kier alpha value is -3.27. The van der Waals surface area contributed by atoms with E-state index in [4.69, 9.17) is 4.74 Å². The Kier molecular flexibility index (Phi) is 9.14. The van der Waals surface area contributed by atoms with Gasteiger partial charge in [-0.3, -0.25) is 4.79 Å². The van der Waals surface area contributed by atoms with E-state index in [9.17, 15) is 13.2 Å². The van der Waals surface area contributed by atoms with Crippen molar-refractivity contribution in [2.45, 2.75) is 27.4 Å². The molecule has 0 aliphatic carbocycles. The van der Waals surface area contributed by atoms with E-state index in [1.54, 1.807) is 36.0 Å². The molecule has 4 rings (SSSR count). The Labute approximate surface area is 235 Å². The lowest BCUT2D eigenvalue weighted by Gasteiger charge is -2.15. The van der Waals surface area contributed by atoms with Gasteiger partial charge in [-0.25, -0.2) is 8.42 Å². The van der Waals surface area contributed by atoms with Crippen LogP contribution in [0.2, 0.25) is 0 Å². The van der Waals surface area contributed by atoms with Crippen LogP contribution in [0.25, 0.3) is 0 Å². The number of benzene rings is 4. The lowest BCUT2D eigenvalue weighted by atomic mass is 10.2. The number of hydrogen-bond acceptors (Lipinski definition) is 6. The number of methoxy groups -OCH3 is 1. The summed E-state index contributed by atoms with van der Waals surface area (Å²) >= 11 is 5.10. The predicted octanol–water partition coefficient (Wildman–Crippen LogP) is 6.94. The fourth-order valence-electron chi connectivity index (χ4n) is 3.69. The number of aryl methyl sites for hydroxylation is 1. The lowest BCUT2D eigenvalue weighted by molar-refractivity contribution is -0.114. The van der Waals surface area contributed by atoms with Crippen LogP contribution in [0.15, 0.2) is 110 Å². The Morgan fingerprint density at radius 2 is 1.68 bits per heavy atom. The first-order valence-corrected chi connectivity index (χ1v) is 15.0. The molecule has 0 aromatic heterocycles. The van der Waals surface area contributed by atoms with Gasteiger partial charge in [-0.1, -0.05) is 36.4 Å². The highest BCUT2D eigenvalue weighted by molar-refractivity contribution is 9.10.